The van der Waals surface area contributed by atoms with E-state index in [0.717, 1.165) is 46.1 Å². The maximum atomic E-state index is 13.9. The highest BCUT2D eigenvalue weighted by Gasteiger charge is 2.24. The van der Waals surface area contributed by atoms with Gasteiger partial charge in [0, 0.05) is 23.1 Å². The normalized spacial score (nSPS) is 17.6. The minimum Gasteiger partial charge on any atom is -0.497 e. The lowest BCUT2D eigenvalue weighted by atomic mass is 9.81. The van der Waals surface area contributed by atoms with Gasteiger partial charge >= 0.3 is 0 Å². The molecule has 0 aliphatic heterocycles. The number of nitrogens with zero attached hydrogens (tertiary/aromatic N) is 2. The second-order valence-electron chi connectivity index (χ2n) is 9.60. The van der Waals surface area contributed by atoms with Gasteiger partial charge in [0.25, 0.3) is 5.56 Å². The van der Waals surface area contributed by atoms with Crippen molar-refractivity contribution in [2.24, 2.45) is 17.6 Å². The lowest BCUT2D eigenvalue weighted by molar-refractivity contribution is 0.246. The van der Waals surface area contributed by atoms with E-state index in [0.29, 0.717) is 47.4 Å². The summed E-state index contributed by atoms with van der Waals surface area (Å²) in [6.45, 7) is 1.33. The maximum absolute atomic E-state index is 13.9. The standard InChI is InChI=1S/C29H33N3O4S/c1-34-20-8-10-24-23(14-20)29(33)32(17-19-6-4-5-18(13-19)16-30)28(31-24)27-12-11-26(37-27)22-9-7-21(35-2)15-25(22)36-3/h7-12,14-15,18-19H,4-6,13,16-17,30H2,1-3H3. The van der Waals surface area contributed by atoms with E-state index >= 15 is 0 Å². The highest BCUT2D eigenvalue weighted by molar-refractivity contribution is 7.18. The summed E-state index contributed by atoms with van der Waals surface area (Å²) >= 11 is 1.60. The highest BCUT2D eigenvalue weighted by Crippen LogP contribution is 2.40. The van der Waals surface area contributed by atoms with Crippen molar-refractivity contribution in [3.05, 3.63) is 58.9 Å². The van der Waals surface area contributed by atoms with Crippen molar-refractivity contribution < 1.29 is 14.2 Å². The second kappa shape index (κ2) is 10.9. The zero-order valence-electron chi connectivity index (χ0n) is 21.5. The molecule has 1 aliphatic rings. The van der Waals surface area contributed by atoms with E-state index in [1.807, 2.05) is 41.0 Å². The van der Waals surface area contributed by atoms with Crippen LogP contribution in [0.3, 0.4) is 0 Å². The zero-order valence-corrected chi connectivity index (χ0v) is 22.3. The number of thiophene rings is 1. The van der Waals surface area contributed by atoms with E-state index in [4.69, 9.17) is 24.9 Å². The molecule has 37 heavy (non-hydrogen) atoms. The topological polar surface area (TPSA) is 88.6 Å². The molecule has 2 N–H and O–H groups in total. The van der Waals surface area contributed by atoms with Gasteiger partial charge in [0.05, 0.1) is 37.1 Å². The average Bonchev–Trinajstić information content (AvgIpc) is 3.43. The minimum absolute atomic E-state index is 0.0363. The van der Waals surface area contributed by atoms with Crippen LogP contribution in [0.15, 0.2) is 53.3 Å². The zero-order chi connectivity index (χ0) is 25.9. The number of benzene rings is 2. The molecule has 2 unspecified atom stereocenters. The molecule has 1 fully saturated rings. The third-order valence-corrected chi connectivity index (χ3v) is 8.44. The molecule has 0 radical (unpaired) electrons. The smallest absolute Gasteiger partial charge is 0.261 e. The van der Waals surface area contributed by atoms with Crippen LogP contribution in [0.4, 0.5) is 0 Å². The lowest BCUT2D eigenvalue weighted by Crippen LogP contribution is -2.30. The van der Waals surface area contributed by atoms with Crippen LogP contribution in [0.5, 0.6) is 17.2 Å². The van der Waals surface area contributed by atoms with E-state index in [2.05, 4.69) is 6.07 Å². The highest BCUT2D eigenvalue weighted by atomic mass is 32.1. The van der Waals surface area contributed by atoms with Gasteiger partial charge in [-0.1, -0.05) is 6.42 Å². The third kappa shape index (κ3) is 5.08. The predicted octanol–water partition coefficient (Wildman–Crippen LogP) is 5.58. The average molecular weight is 520 g/mol. The number of methoxy groups -OCH3 is 3. The summed E-state index contributed by atoms with van der Waals surface area (Å²) in [4.78, 5) is 20.9. The number of hydrogen-bond acceptors (Lipinski definition) is 7. The molecule has 1 aliphatic carbocycles. The predicted molar refractivity (Wildman–Crippen MR) is 149 cm³/mol. The second-order valence-corrected chi connectivity index (χ2v) is 10.7. The summed E-state index contributed by atoms with van der Waals surface area (Å²) in [6, 6.07) is 15.4. The van der Waals surface area contributed by atoms with Crippen molar-refractivity contribution in [1.29, 1.82) is 0 Å². The van der Waals surface area contributed by atoms with Gasteiger partial charge in [0.15, 0.2) is 5.82 Å². The Labute approximate surface area is 220 Å². The van der Waals surface area contributed by atoms with Gasteiger partial charge in [-0.05, 0) is 80.1 Å². The van der Waals surface area contributed by atoms with E-state index in [1.165, 1.54) is 6.42 Å². The SMILES string of the molecule is COc1ccc(-c2ccc(-c3nc4ccc(OC)cc4c(=O)n3CC3CCCC(CN)C3)s2)c(OC)c1. The van der Waals surface area contributed by atoms with E-state index in [9.17, 15) is 4.79 Å². The molecule has 2 aromatic carbocycles. The number of aromatic nitrogens is 2. The summed E-state index contributed by atoms with van der Waals surface area (Å²) in [5.74, 6) is 3.73. The van der Waals surface area contributed by atoms with Gasteiger partial charge in [-0.2, -0.15) is 0 Å². The fraction of sp³-hybridized carbons (Fsp3) is 0.379. The molecule has 194 valence electrons. The molecule has 1 saturated carbocycles. The van der Waals surface area contributed by atoms with Crippen LogP contribution in [0.25, 0.3) is 32.0 Å². The Morgan fingerprint density at radius 1 is 0.946 bits per heavy atom. The van der Waals surface area contributed by atoms with Crippen molar-refractivity contribution >= 4 is 22.2 Å². The monoisotopic (exact) mass is 519 g/mol. The fourth-order valence-electron chi connectivity index (χ4n) is 5.33. The summed E-state index contributed by atoms with van der Waals surface area (Å²) in [5, 5.41) is 0.572. The third-order valence-electron chi connectivity index (χ3n) is 7.33. The largest absolute Gasteiger partial charge is 0.497 e. The Hall–Kier alpha value is -3.36. The number of rotatable bonds is 8. The van der Waals surface area contributed by atoms with Crippen LogP contribution in [0, 0.1) is 11.8 Å². The maximum Gasteiger partial charge on any atom is 0.261 e. The van der Waals surface area contributed by atoms with Gasteiger partial charge in [0.1, 0.15) is 17.2 Å². The van der Waals surface area contributed by atoms with Gasteiger partial charge in [-0.15, -0.1) is 11.3 Å². The summed E-state index contributed by atoms with van der Waals surface area (Å²) < 4.78 is 18.2. The molecular formula is C29H33N3O4S. The number of fused-ring (bicyclic) bond motifs is 1. The summed E-state index contributed by atoms with van der Waals surface area (Å²) in [6.07, 6.45) is 4.44. The number of hydrogen-bond donors (Lipinski definition) is 1. The number of ether oxygens (including phenoxy) is 3. The van der Waals surface area contributed by atoms with Crippen LogP contribution >= 0.6 is 11.3 Å². The molecule has 2 atom stereocenters. The van der Waals surface area contributed by atoms with Gasteiger partial charge in [-0.25, -0.2) is 4.98 Å². The quantitative estimate of drug-likeness (QED) is 0.327. The van der Waals surface area contributed by atoms with Crippen LogP contribution in [0.2, 0.25) is 0 Å². The molecular weight excluding hydrogens is 486 g/mol. The molecule has 2 heterocycles. The first-order chi connectivity index (χ1) is 18.0. The van der Waals surface area contributed by atoms with Crippen molar-refractivity contribution in [2.45, 2.75) is 32.2 Å². The van der Waals surface area contributed by atoms with Crippen LogP contribution in [-0.2, 0) is 6.54 Å². The van der Waals surface area contributed by atoms with Crippen LogP contribution < -0.4 is 25.5 Å². The lowest BCUT2D eigenvalue weighted by Gasteiger charge is -2.29. The molecule has 5 rings (SSSR count). The van der Waals surface area contributed by atoms with E-state index in [-0.39, 0.29) is 5.56 Å². The molecule has 0 amide bonds. The van der Waals surface area contributed by atoms with Crippen LogP contribution in [0.1, 0.15) is 25.7 Å². The van der Waals surface area contributed by atoms with Gasteiger partial charge in [0.2, 0.25) is 0 Å². The fourth-order valence-corrected chi connectivity index (χ4v) is 6.36. The number of nitrogens with two attached hydrogens (primary N) is 1. The van der Waals surface area contributed by atoms with Crippen LogP contribution in [-0.4, -0.2) is 37.4 Å². The summed E-state index contributed by atoms with van der Waals surface area (Å²) in [7, 11) is 4.90. The van der Waals surface area contributed by atoms with Gasteiger partial charge < -0.3 is 19.9 Å². The van der Waals surface area contributed by atoms with Crippen molar-refractivity contribution in [3.63, 3.8) is 0 Å². The first kappa shape index (κ1) is 25.3. The Morgan fingerprint density at radius 3 is 2.43 bits per heavy atom. The Kier molecular flexibility index (Phi) is 7.48. The molecule has 8 heteroatoms. The Morgan fingerprint density at radius 2 is 1.68 bits per heavy atom. The van der Waals surface area contributed by atoms with Crippen molar-refractivity contribution in [2.75, 3.05) is 27.9 Å². The molecule has 2 aromatic heterocycles. The first-order valence-corrected chi connectivity index (χ1v) is 13.5. The van der Waals surface area contributed by atoms with E-state index in [1.54, 1.807) is 38.7 Å². The minimum atomic E-state index is -0.0363. The first-order valence-electron chi connectivity index (χ1n) is 12.7. The molecule has 0 bridgehead atoms. The Bertz CT molecular complexity index is 1460. The van der Waals surface area contributed by atoms with E-state index < -0.39 is 0 Å². The van der Waals surface area contributed by atoms with Gasteiger partial charge in [-0.3, -0.25) is 9.36 Å². The molecule has 7 nitrogen and oxygen atoms in total. The Balaban J connectivity index is 1.61. The molecule has 0 saturated heterocycles. The summed E-state index contributed by atoms with van der Waals surface area (Å²) in [5.41, 5.74) is 7.60. The van der Waals surface area contributed by atoms with Crippen molar-refractivity contribution in [3.8, 4) is 38.4 Å². The van der Waals surface area contributed by atoms with Crippen molar-refractivity contribution in [1.82, 2.24) is 9.55 Å². The molecule has 0 spiro atoms. The molecule has 4 aromatic rings.